The van der Waals surface area contributed by atoms with E-state index in [1.165, 1.54) is 83.5 Å². The lowest BCUT2D eigenvalue weighted by Crippen LogP contribution is -2.14. The number of unbranched alkanes of at least 4 members (excludes halogenated alkanes) is 14. The smallest absolute Gasteiger partial charge is 0.339 e. The lowest BCUT2D eigenvalue weighted by atomic mass is 10.1. The van der Waals surface area contributed by atoms with E-state index in [0.717, 1.165) is 19.3 Å². The summed E-state index contributed by atoms with van der Waals surface area (Å²) in [6.45, 7) is 5.07. The van der Waals surface area contributed by atoms with E-state index in [4.69, 9.17) is 9.47 Å². The molecule has 0 radical (unpaired) electrons. The summed E-state index contributed by atoms with van der Waals surface area (Å²) in [6, 6.07) is 6.73. The minimum Gasteiger partial charge on any atom is -0.462 e. The molecule has 4 heteroatoms. The van der Waals surface area contributed by atoms with E-state index in [9.17, 15) is 9.59 Å². The summed E-state index contributed by atoms with van der Waals surface area (Å²) < 4.78 is 10.8. The lowest BCUT2D eigenvalue weighted by molar-refractivity contribution is 0.0470. The molecule has 34 heavy (non-hydrogen) atoms. The van der Waals surface area contributed by atoms with Gasteiger partial charge in [-0.1, -0.05) is 122 Å². The summed E-state index contributed by atoms with van der Waals surface area (Å²) >= 11 is 0. The maximum atomic E-state index is 12.5. The van der Waals surface area contributed by atoms with Crippen molar-refractivity contribution in [3.8, 4) is 0 Å². The molecule has 0 saturated heterocycles. The van der Waals surface area contributed by atoms with Crippen LogP contribution in [-0.2, 0) is 9.47 Å². The van der Waals surface area contributed by atoms with Gasteiger partial charge in [0.1, 0.15) is 6.61 Å². The maximum absolute atomic E-state index is 12.5. The first-order valence-corrected chi connectivity index (χ1v) is 13.8. The Balaban J connectivity index is 2.24. The number of allylic oxidation sites excluding steroid dienone is 1. The predicted molar refractivity (Wildman–Crippen MR) is 141 cm³/mol. The van der Waals surface area contributed by atoms with Gasteiger partial charge in [-0.05, 0) is 31.4 Å². The molecule has 4 nitrogen and oxygen atoms in total. The summed E-state index contributed by atoms with van der Waals surface area (Å²) in [5.74, 6) is -0.939. The number of esters is 2. The standard InChI is InChI=1S/C30H48O4/c1-3-5-7-9-11-13-15-17-21-25-33-29(31)27-23-19-20-24-28(27)30(32)34-26-22-18-16-14-12-10-8-6-4-2/h17,19-21,23-24H,3-16,18,22,25-26H2,1-2H3/b21-17+. The van der Waals surface area contributed by atoms with Gasteiger partial charge < -0.3 is 9.47 Å². The summed E-state index contributed by atoms with van der Waals surface area (Å²) in [5, 5.41) is 0. The third-order valence-electron chi connectivity index (χ3n) is 6.05. The van der Waals surface area contributed by atoms with Gasteiger partial charge in [-0.15, -0.1) is 0 Å². The van der Waals surface area contributed by atoms with E-state index in [2.05, 4.69) is 19.9 Å². The molecule has 0 N–H and O–H groups in total. The number of hydrogen-bond donors (Lipinski definition) is 0. The van der Waals surface area contributed by atoms with Crippen molar-refractivity contribution in [2.24, 2.45) is 0 Å². The van der Waals surface area contributed by atoms with Crippen LogP contribution in [0.25, 0.3) is 0 Å². The molecule has 192 valence electrons. The van der Waals surface area contributed by atoms with Gasteiger partial charge in [0.05, 0.1) is 17.7 Å². The van der Waals surface area contributed by atoms with Crippen molar-refractivity contribution in [3.63, 3.8) is 0 Å². The first-order valence-electron chi connectivity index (χ1n) is 13.8. The monoisotopic (exact) mass is 472 g/mol. The van der Waals surface area contributed by atoms with Crippen molar-refractivity contribution in [3.05, 3.63) is 47.5 Å². The molecule has 1 aromatic rings. The Labute approximate surface area is 208 Å². The third-order valence-corrected chi connectivity index (χ3v) is 6.05. The highest BCUT2D eigenvalue weighted by Gasteiger charge is 2.18. The Morgan fingerprint density at radius 1 is 0.618 bits per heavy atom. The first-order chi connectivity index (χ1) is 16.7. The van der Waals surface area contributed by atoms with Crippen LogP contribution >= 0.6 is 0 Å². The van der Waals surface area contributed by atoms with Crippen LogP contribution in [0.4, 0.5) is 0 Å². The summed E-state index contributed by atoms with van der Waals surface area (Å²) in [7, 11) is 0. The highest BCUT2D eigenvalue weighted by Crippen LogP contribution is 2.14. The Hall–Kier alpha value is -2.10. The van der Waals surface area contributed by atoms with Crippen molar-refractivity contribution in [1.29, 1.82) is 0 Å². The summed E-state index contributed by atoms with van der Waals surface area (Å²) in [4.78, 5) is 25.0. The number of ether oxygens (including phenoxy) is 2. The number of carbonyl (C=O) groups is 2. The van der Waals surface area contributed by atoms with Crippen LogP contribution in [0.1, 0.15) is 137 Å². The van der Waals surface area contributed by atoms with Crippen molar-refractivity contribution in [2.45, 2.75) is 117 Å². The molecule has 0 fully saturated rings. The van der Waals surface area contributed by atoms with Crippen LogP contribution in [0.2, 0.25) is 0 Å². The van der Waals surface area contributed by atoms with E-state index in [0.29, 0.717) is 6.61 Å². The number of carbonyl (C=O) groups excluding carboxylic acids is 2. The fourth-order valence-electron chi connectivity index (χ4n) is 3.92. The number of benzene rings is 1. The minimum absolute atomic E-state index is 0.219. The van der Waals surface area contributed by atoms with Gasteiger partial charge in [-0.3, -0.25) is 0 Å². The fraction of sp³-hybridized carbons (Fsp3) is 0.667. The van der Waals surface area contributed by atoms with Gasteiger partial charge in [-0.25, -0.2) is 9.59 Å². The van der Waals surface area contributed by atoms with Crippen molar-refractivity contribution < 1.29 is 19.1 Å². The second-order valence-electron chi connectivity index (χ2n) is 9.14. The van der Waals surface area contributed by atoms with Crippen LogP contribution < -0.4 is 0 Å². The van der Waals surface area contributed by atoms with Gasteiger partial charge >= 0.3 is 11.9 Å². The van der Waals surface area contributed by atoms with Gasteiger partial charge in [0.15, 0.2) is 0 Å². The van der Waals surface area contributed by atoms with Crippen LogP contribution in [0, 0.1) is 0 Å². The molecule has 0 spiro atoms. The van der Waals surface area contributed by atoms with E-state index in [-0.39, 0.29) is 17.7 Å². The van der Waals surface area contributed by atoms with E-state index < -0.39 is 11.9 Å². The molecular formula is C30H48O4. The number of rotatable bonds is 21. The van der Waals surface area contributed by atoms with E-state index in [1.54, 1.807) is 24.3 Å². The van der Waals surface area contributed by atoms with Crippen LogP contribution in [0.5, 0.6) is 0 Å². The second kappa shape index (κ2) is 21.4. The topological polar surface area (TPSA) is 52.6 Å². The molecule has 0 bridgehead atoms. The lowest BCUT2D eigenvalue weighted by Gasteiger charge is -2.09. The van der Waals surface area contributed by atoms with Crippen molar-refractivity contribution >= 4 is 11.9 Å². The molecule has 0 atom stereocenters. The summed E-state index contributed by atoms with van der Waals surface area (Å²) in [6.07, 6.45) is 23.5. The zero-order chi connectivity index (χ0) is 24.7. The Morgan fingerprint density at radius 2 is 1.09 bits per heavy atom. The van der Waals surface area contributed by atoms with E-state index in [1.807, 2.05) is 6.08 Å². The van der Waals surface area contributed by atoms with Gasteiger partial charge in [-0.2, -0.15) is 0 Å². The van der Waals surface area contributed by atoms with E-state index >= 15 is 0 Å². The van der Waals surface area contributed by atoms with Gasteiger partial charge in [0.2, 0.25) is 0 Å². The molecule has 0 aliphatic carbocycles. The second-order valence-corrected chi connectivity index (χ2v) is 9.14. The van der Waals surface area contributed by atoms with Gasteiger partial charge in [0, 0.05) is 0 Å². The van der Waals surface area contributed by atoms with Crippen molar-refractivity contribution in [1.82, 2.24) is 0 Å². The Bertz CT molecular complexity index is 680. The minimum atomic E-state index is -0.486. The normalized spacial score (nSPS) is 11.1. The van der Waals surface area contributed by atoms with Crippen LogP contribution in [0.3, 0.4) is 0 Å². The highest BCUT2D eigenvalue weighted by molar-refractivity contribution is 6.03. The molecule has 1 rings (SSSR count). The van der Waals surface area contributed by atoms with Gasteiger partial charge in [0.25, 0.3) is 0 Å². The fourth-order valence-corrected chi connectivity index (χ4v) is 3.92. The summed E-state index contributed by atoms with van der Waals surface area (Å²) in [5.41, 5.74) is 0.545. The Morgan fingerprint density at radius 3 is 1.65 bits per heavy atom. The first kappa shape index (κ1) is 29.9. The van der Waals surface area contributed by atoms with Crippen LogP contribution in [-0.4, -0.2) is 25.2 Å². The molecule has 0 unspecified atom stereocenters. The highest BCUT2D eigenvalue weighted by atomic mass is 16.5. The van der Waals surface area contributed by atoms with Crippen LogP contribution in [0.15, 0.2) is 36.4 Å². The molecule has 0 saturated carbocycles. The molecule has 0 heterocycles. The molecular weight excluding hydrogens is 424 g/mol. The largest absolute Gasteiger partial charge is 0.462 e. The SMILES string of the molecule is CCCCCCCC/C=C/COC(=O)c1ccccc1C(=O)OCCCCCCCCCCC. The average Bonchev–Trinajstić information content (AvgIpc) is 2.86. The predicted octanol–water partition coefficient (Wildman–Crippen LogP) is 8.84. The molecule has 1 aromatic carbocycles. The molecule has 0 aliphatic rings. The third kappa shape index (κ3) is 14.9. The number of hydrogen-bond acceptors (Lipinski definition) is 4. The Kier molecular flexibility index (Phi) is 18.9. The average molecular weight is 473 g/mol. The zero-order valence-electron chi connectivity index (χ0n) is 21.8. The maximum Gasteiger partial charge on any atom is 0.339 e. The quantitative estimate of drug-likeness (QED) is 0.102. The molecule has 0 amide bonds. The zero-order valence-corrected chi connectivity index (χ0v) is 21.8. The molecule has 0 aliphatic heterocycles. The molecule has 0 aromatic heterocycles. The van der Waals surface area contributed by atoms with Crippen molar-refractivity contribution in [2.75, 3.05) is 13.2 Å².